The molecule has 5 aliphatic rings. The number of rotatable bonds is 8. The first-order chi connectivity index (χ1) is 23.8. The van der Waals surface area contributed by atoms with Crippen molar-refractivity contribution in [3.63, 3.8) is 0 Å². The number of likely N-dealkylation sites (N-methyl/N-ethyl adjacent to an activating group) is 1. The van der Waals surface area contributed by atoms with Crippen LogP contribution in [-0.2, 0) is 20.9 Å². The number of hydrogen-bond donors (Lipinski definition) is 1. The van der Waals surface area contributed by atoms with Crippen molar-refractivity contribution in [2.45, 2.75) is 131 Å². The first kappa shape index (κ1) is 38.3. The van der Waals surface area contributed by atoms with E-state index in [1.54, 1.807) is 6.92 Å². The largest absolute Gasteiger partial charge is 0.462 e. The van der Waals surface area contributed by atoms with Gasteiger partial charge in [0.2, 0.25) is 0 Å². The van der Waals surface area contributed by atoms with Crippen LogP contribution in [0, 0.1) is 45.3 Å². The molecule has 0 unspecified atom stereocenters. The molecule has 8 atom stereocenters. The number of urea groups is 1. The Kier molecular flexibility index (Phi) is 10.1. The molecule has 6 rings (SSSR count). The molecule has 4 saturated carbocycles. The van der Waals surface area contributed by atoms with E-state index in [1.165, 1.54) is 5.57 Å². The van der Waals surface area contributed by atoms with Crippen LogP contribution in [-0.4, -0.2) is 66.4 Å². The molecule has 0 heterocycles. The normalized spacial score (nSPS) is 37.0. The Hall–Kier alpha value is -2.38. The van der Waals surface area contributed by atoms with Gasteiger partial charge >= 0.3 is 12.0 Å². The number of nitrogens with zero attached hydrogens (tertiary/aromatic N) is 2. The summed E-state index contributed by atoms with van der Waals surface area (Å²) in [5, 5.41) is 4.28. The minimum absolute atomic E-state index is 0.00299. The van der Waals surface area contributed by atoms with Gasteiger partial charge in [-0.2, -0.15) is 0 Å². The fourth-order valence-electron chi connectivity index (χ4n) is 12.8. The number of fused-ring (bicyclic) bond motifs is 7. The van der Waals surface area contributed by atoms with Crippen LogP contribution < -0.4 is 5.32 Å². The van der Waals surface area contributed by atoms with Gasteiger partial charge in [-0.1, -0.05) is 72.2 Å². The molecular formula is C43H64ClN3O4. The number of carbonyl (C=O) groups excluding carboxylic acids is 3. The SMILES string of the molecule is CC(=O)O[C@H]1CC[C@]2(C)[C@H]3CC[C@@H]4C5=C(C(C)C)C(=O)C[C@]5(NC(=O)N(CCN(C)C)Cc5ccc(Cl)cc5)CC[C@@]4(C)[C@]3(C)CC[C@H]2C1(C)C. The maximum Gasteiger partial charge on any atom is 0.318 e. The third-order valence-electron chi connectivity index (χ3n) is 15.4. The molecule has 0 saturated heterocycles. The van der Waals surface area contributed by atoms with E-state index in [4.69, 9.17) is 16.3 Å². The lowest BCUT2D eigenvalue weighted by molar-refractivity contribution is -0.231. The summed E-state index contributed by atoms with van der Waals surface area (Å²) < 4.78 is 5.96. The first-order valence-electron chi connectivity index (χ1n) is 19.7. The molecule has 0 radical (unpaired) electrons. The van der Waals surface area contributed by atoms with Crippen molar-refractivity contribution < 1.29 is 19.1 Å². The average Bonchev–Trinajstić information content (AvgIpc) is 3.33. The fraction of sp³-hybridized carbons (Fsp3) is 0.744. The van der Waals surface area contributed by atoms with Crippen LogP contribution in [0.2, 0.25) is 5.02 Å². The van der Waals surface area contributed by atoms with Gasteiger partial charge in [0.25, 0.3) is 0 Å². The second kappa shape index (κ2) is 13.5. The van der Waals surface area contributed by atoms with Crippen molar-refractivity contribution in [3.8, 4) is 0 Å². The van der Waals surface area contributed by atoms with Crippen molar-refractivity contribution in [2.75, 3.05) is 27.2 Å². The highest BCUT2D eigenvalue weighted by atomic mass is 35.5. The van der Waals surface area contributed by atoms with Gasteiger partial charge in [0.15, 0.2) is 5.78 Å². The smallest absolute Gasteiger partial charge is 0.318 e. The van der Waals surface area contributed by atoms with E-state index in [0.717, 1.165) is 69.0 Å². The highest BCUT2D eigenvalue weighted by Gasteiger charge is 2.70. The van der Waals surface area contributed by atoms with E-state index in [1.807, 2.05) is 43.3 Å². The molecule has 0 aromatic heterocycles. The Balaban J connectivity index is 1.33. The first-order valence-corrected chi connectivity index (χ1v) is 20.1. The topological polar surface area (TPSA) is 78.9 Å². The zero-order valence-electron chi connectivity index (χ0n) is 33.1. The fourth-order valence-corrected chi connectivity index (χ4v) is 12.9. The van der Waals surface area contributed by atoms with Crippen LogP contribution in [0.15, 0.2) is 35.4 Å². The van der Waals surface area contributed by atoms with Gasteiger partial charge in [-0.15, -0.1) is 0 Å². The quantitative estimate of drug-likeness (QED) is 0.271. The lowest BCUT2D eigenvalue weighted by Crippen LogP contribution is -2.67. The number of benzene rings is 1. The molecule has 1 N–H and O–H groups in total. The van der Waals surface area contributed by atoms with Crippen LogP contribution in [0.4, 0.5) is 4.79 Å². The summed E-state index contributed by atoms with van der Waals surface area (Å²) in [6.07, 6.45) is 8.52. The number of ketones is 1. The highest BCUT2D eigenvalue weighted by molar-refractivity contribution is 6.30. The molecule has 1 aromatic carbocycles. The van der Waals surface area contributed by atoms with Crippen molar-refractivity contribution in [2.24, 2.45) is 45.3 Å². The molecule has 0 aliphatic heterocycles. The highest BCUT2D eigenvalue weighted by Crippen LogP contribution is 2.75. The number of nitrogens with one attached hydrogen (secondary N) is 1. The van der Waals surface area contributed by atoms with Crippen LogP contribution in [0.1, 0.15) is 119 Å². The lowest BCUT2D eigenvalue weighted by Gasteiger charge is -2.72. The van der Waals surface area contributed by atoms with E-state index in [9.17, 15) is 14.4 Å². The minimum atomic E-state index is -0.650. The van der Waals surface area contributed by atoms with E-state index < -0.39 is 5.54 Å². The van der Waals surface area contributed by atoms with Crippen LogP contribution in [0.3, 0.4) is 0 Å². The maximum absolute atomic E-state index is 14.5. The van der Waals surface area contributed by atoms with Gasteiger partial charge in [0.05, 0.1) is 5.54 Å². The summed E-state index contributed by atoms with van der Waals surface area (Å²) in [4.78, 5) is 44.8. The van der Waals surface area contributed by atoms with E-state index in [2.05, 4.69) is 58.7 Å². The van der Waals surface area contributed by atoms with Crippen molar-refractivity contribution in [1.29, 1.82) is 0 Å². The Labute approximate surface area is 312 Å². The lowest BCUT2D eigenvalue weighted by atomic mass is 9.33. The van der Waals surface area contributed by atoms with Crippen LogP contribution in [0.25, 0.3) is 0 Å². The number of ether oxygens (including phenoxy) is 1. The van der Waals surface area contributed by atoms with Crippen LogP contribution in [0.5, 0.6) is 0 Å². The summed E-state index contributed by atoms with van der Waals surface area (Å²) >= 11 is 6.20. The second-order valence-corrected chi connectivity index (χ2v) is 19.5. The Bertz CT molecular complexity index is 1570. The molecule has 1 aromatic rings. The molecule has 5 aliphatic carbocycles. The zero-order chi connectivity index (χ0) is 37.3. The number of esters is 1. The van der Waals surface area contributed by atoms with Gasteiger partial charge in [-0.3, -0.25) is 9.59 Å². The standard InChI is InChI=1S/C43H64ClN3O4/c1-27(2)36-32(49)25-43(45-38(50)47(24-23-46(9)10)26-29-11-13-30(44)14-12-29)22-21-41(7)31(37(36)43)15-16-34-40(6)19-18-35(51-28(3)48)39(4,5)33(40)17-20-42(34,41)8/h11-14,27,31,33-35H,15-26H2,1-10H3,(H,45,50)/t31-,33+,34-,35+,40+,41-,42-,43-/m1/s1. The molecule has 0 bridgehead atoms. The molecular weight excluding hydrogens is 658 g/mol. The van der Waals surface area contributed by atoms with Crippen molar-refractivity contribution >= 4 is 29.4 Å². The van der Waals surface area contributed by atoms with E-state index in [0.29, 0.717) is 36.4 Å². The van der Waals surface area contributed by atoms with Gasteiger partial charge in [-0.25, -0.2) is 4.79 Å². The molecule has 0 spiro atoms. The monoisotopic (exact) mass is 721 g/mol. The summed E-state index contributed by atoms with van der Waals surface area (Å²) in [5.74, 6) is 1.42. The predicted molar refractivity (Wildman–Crippen MR) is 204 cm³/mol. The summed E-state index contributed by atoms with van der Waals surface area (Å²) in [6, 6.07) is 7.64. The maximum atomic E-state index is 14.5. The molecule has 282 valence electrons. The van der Waals surface area contributed by atoms with E-state index in [-0.39, 0.29) is 57.4 Å². The van der Waals surface area contributed by atoms with Crippen molar-refractivity contribution in [1.82, 2.24) is 15.1 Å². The number of halogens is 1. The average molecular weight is 722 g/mol. The number of hydrogen-bond acceptors (Lipinski definition) is 5. The second-order valence-electron chi connectivity index (χ2n) is 19.0. The number of amides is 2. The summed E-state index contributed by atoms with van der Waals surface area (Å²) in [7, 11) is 4.06. The molecule has 8 heteroatoms. The number of allylic oxidation sites excluding steroid dienone is 1. The predicted octanol–water partition coefficient (Wildman–Crippen LogP) is 9.08. The molecule has 2 amide bonds. The van der Waals surface area contributed by atoms with Crippen LogP contribution >= 0.6 is 11.6 Å². The summed E-state index contributed by atoms with van der Waals surface area (Å²) in [6.45, 7) is 20.1. The Morgan fingerprint density at radius 3 is 2.22 bits per heavy atom. The van der Waals surface area contributed by atoms with Gasteiger partial charge in [0.1, 0.15) is 6.10 Å². The Morgan fingerprint density at radius 1 is 0.902 bits per heavy atom. The van der Waals surface area contributed by atoms with Gasteiger partial charge < -0.3 is 19.9 Å². The number of Topliss-reactive ketones (excluding diaryl/α,β-unsaturated/α-hetero) is 1. The Morgan fingerprint density at radius 2 is 1.59 bits per heavy atom. The minimum Gasteiger partial charge on any atom is -0.462 e. The molecule has 7 nitrogen and oxygen atoms in total. The number of carbonyl (C=O) groups is 3. The summed E-state index contributed by atoms with van der Waals surface area (Å²) in [5.41, 5.74) is 2.78. The van der Waals surface area contributed by atoms with Crippen molar-refractivity contribution in [3.05, 3.63) is 46.0 Å². The third kappa shape index (κ3) is 6.28. The van der Waals surface area contributed by atoms with Gasteiger partial charge in [0, 0.05) is 43.4 Å². The molecule has 51 heavy (non-hydrogen) atoms. The van der Waals surface area contributed by atoms with Gasteiger partial charge in [-0.05, 0) is 134 Å². The third-order valence-corrected chi connectivity index (χ3v) is 15.7. The zero-order valence-corrected chi connectivity index (χ0v) is 33.8. The molecule has 4 fully saturated rings. The van der Waals surface area contributed by atoms with E-state index >= 15 is 0 Å².